The molecule has 0 aliphatic carbocycles. The maximum Gasteiger partial charge on any atom is 0.271 e. The highest BCUT2D eigenvalue weighted by atomic mass is 35.5. The topological polar surface area (TPSA) is 112 Å². The lowest BCUT2D eigenvalue weighted by molar-refractivity contribution is -0.384. The van der Waals surface area contributed by atoms with E-state index < -0.39 is 4.92 Å². The number of nitrogens with one attached hydrogen (secondary N) is 1. The van der Waals surface area contributed by atoms with Crippen LogP contribution < -0.4 is 0 Å². The fraction of sp³-hybridized carbons (Fsp3) is 0.125. The lowest BCUT2D eigenvalue weighted by Crippen LogP contribution is -2.06. The Bertz CT molecular complexity index is 924. The van der Waals surface area contributed by atoms with E-state index in [2.05, 4.69) is 9.97 Å². The number of carbonyl (C=O) groups excluding carboxylic acids is 1. The van der Waals surface area contributed by atoms with E-state index in [1.165, 1.54) is 23.1 Å². The van der Waals surface area contributed by atoms with Gasteiger partial charge in [-0.2, -0.15) is 0 Å². The zero-order chi connectivity index (χ0) is 18.6. The number of aromatic hydroxyl groups is 1. The third-order valence-corrected chi connectivity index (χ3v) is 3.34. The Hall–Kier alpha value is -3.13. The molecule has 0 saturated carbocycles. The van der Waals surface area contributed by atoms with Crippen molar-refractivity contribution in [3.05, 3.63) is 51.5 Å². The van der Waals surface area contributed by atoms with Gasteiger partial charge in [0, 0.05) is 31.3 Å². The van der Waals surface area contributed by atoms with Gasteiger partial charge in [-0.05, 0) is 24.3 Å². The summed E-state index contributed by atoms with van der Waals surface area (Å²) in [5, 5.41) is 21.0. The zero-order valence-corrected chi connectivity index (χ0v) is 14.2. The number of non-ortho nitro benzene ring substituents is 1. The number of nitro benzene ring substituents is 1. The van der Waals surface area contributed by atoms with Crippen LogP contribution in [0.1, 0.15) is 0 Å². The van der Waals surface area contributed by atoms with E-state index >= 15 is 0 Å². The van der Waals surface area contributed by atoms with Gasteiger partial charge >= 0.3 is 0 Å². The summed E-state index contributed by atoms with van der Waals surface area (Å²) in [6.45, 7) is 0. The Morgan fingerprint density at radius 3 is 2.56 bits per heavy atom. The van der Waals surface area contributed by atoms with E-state index in [1.807, 2.05) is 0 Å². The van der Waals surface area contributed by atoms with Gasteiger partial charge < -0.3 is 15.0 Å². The van der Waals surface area contributed by atoms with Gasteiger partial charge in [0.25, 0.3) is 5.69 Å². The standard InChI is InChI=1S/C13H8ClN3O3.C3H7NO/c14-7-1-4-12(18)9(5-7)13-15-10-3-2-8(17(19)20)6-11(10)16-13;1-4(2)3-5/h1-6,18H,(H,15,16);3H,1-2H3. The van der Waals surface area contributed by atoms with Crippen molar-refractivity contribution in [1.82, 2.24) is 14.9 Å². The van der Waals surface area contributed by atoms with Crippen LogP contribution in [0.4, 0.5) is 5.69 Å². The summed E-state index contributed by atoms with van der Waals surface area (Å²) in [4.78, 5) is 28.4. The lowest BCUT2D eigenvalue weighted by Gasteiger charge is -2.00. The number of phenols is 1. The highest BCUT2D eigenvalue weighted by molar-refractivity contribution is 6.30. The van der Waals surface area contributed by atoms with Gasteiger partial charge in [0.2, 0.25) is 6.41 Å². The second-order valence-electron chi connectivity index (χ2n) is 5.27. The van der Waals surface area contributed by atoms with Gasteiger partial charge in [-0.3, -0.25) is 14.9 Å². The Labute approximate surface area is 147 Å². The normalized spacial score (nSPS) is 10.0. The third kappa shape index (κ3) is 4.45. The van der Waals surface area contributed by atoms with Gasteiger partial charge in [0.05, 0.1) is 21.5 Å². The first-order chi connectivity index (χ1) is 11.8. The van der Waals surface area contributed by atoms with Crippen LogP contribution in [0, 0.1) is 10.1 Å². The molecule has 0 unspecified atom stereocenters. The molecule has 0 saturated heterocycles. The van der Waals surface area contributed by atoms with Crippen LogP contribution in [0.3, 0.4) is 0 Å². The first-order valence-electron chi connectivity index (χ1n) is 7.06. The molecule has 3 aromatic rings. The average molecular weight is 363 g/mol. The molecule has 130 valence electrons. The number of H-pyrrole nitrogens is 1. The first kappa shape index (κ1) is 18.2. The second-order valence-corrected chi connectivity index (χ2v) is 5.71. The van der Waals surface area contributed by atoms with Crippen LogP contribution in [-0.2, 0) is 4.79 Å². The van der Waals surface area contributed by atoms with Crippen LogP contribution in [0.15, 0.2) is 36.4 Å². The third-order valence-electron chi connectivity index (χ3n) is 3.10. The van der Waals surface area contributed by atoms with Gasteiger partial charge in [-0.15, -0.1) is 0 Å². The predicted octanol–water partition coefficient (Wildman–Crippen LogP) is 3.20. The molecule has 1 aromatic heterocycles. The maximum atomic E-state index is 10.7. The lowest BCUT2D eigenvalue weighted by atomic mass is 10.2. The molecule has 1 heterocycles. The molecule has 0 atom stereocenters. The number of rotatable bonds is 3. The van der Waals surface area contributed by atoms with Gasteiger partial charge in [0.15, 0.2) is 0 Å². The van der Waals surface area contributed by atoms with E-state index in [-0.39, 0.29) is 11.4 Å². The number of halogens is 1. The van der Waals surface area contributed by atoms with E-state index in [1.54, 1.807) is 32.3 Å². The zero-order valence-electron chi connectivity index (χ0n) is 13.4. The molecule has 1 amide bonds. The first-order valence-corrected chi connectivity index (χ1v) is 7.44. The number of imidazole rings is 1. The number of nitrogens with zero attached hydrogens (tertiary/aromatic N) is 3. The Kier molecular flexibility index (Phi) is 5.56. The van der Waals surface area contributed by atoms with Crippen LogP contribution in [0.25, 0.3) is 22.4 Å². The Morgan fingerprint density at radius 2 is 1.96 bits per heavy atom. The van der Waals surface area contributed by atoms with E-state index in [4.69, 9.17) is 11.6 Å². The summed E-state index contributed by atoms with van der Waals surface area (Å²) in [5.74, 6) is 0.434. The monoisotopic (exact) mass is 362 g/mol. The van der Waals surface area contributed by atoms with Crippen molar-refractivity contribution in [2.24, 2.45) is 0 Å². The molecule has 0 aliphatic rings. The molecule has 25 heavy (non-hydrogen) atoms. The highest BCUT2D eigenvalue weighted by Gasteiger charge is 2.13. The van der Waals surface area contributed by atoms with Crippen molar-refractivity contribution in [3.8, 4) is 17.1 Å². The number of amides is 1. The van der Waals surface area contributed by atoms with E-state index in [0.717, 1.165) is 6.41 Å². The van der Waals surface area contributed by atoms with Gasteiger partial charge in [-0.25, -0.2) is 4.98 Å². The molecule has 9 heteroatoms. The average Bonchev–Trinajstić information content (AvgIpc) is 3.00. The maximum absolute atomic E-state index is 10.7. The number of fused-ring (bicyclic) bond motifs is 1. The number of aromatic amines is 1. The minimum atomic E-state index is -0.475. The largest absolute Gasteiger partial charge is 0.507 e. The summed E-state index contributed by atoms with van der Waals surface area (Å²) in [6.07, 6.45) is 0.750. The molecule has 8 nitrogen and oxygen atoms in total. The van der Waals surface area contributed by atoms with Crippen molar-refractivity contribution in [2.45, 2.75) is 0 Å². The number of carbonyl (C=O) groups is 1. The van der Waals surface area contributed by atoms with Gasteiger partial charge in [0.1, 0.15) is 11.6 Å². The summed E-state index contributed by atoms with van der Waals surface area (Å²) < 4.78 is 0. The number of nitro groups is 1. The number of phenolic OH excluding ortho intramolecular Hbond substituents is 1. The van der Waals surface area contributed by atoms with Crippen molar-refractivity contribution in [1.29, 1.82) is 0 Å². The van der Waals surface area contributed by atoms with Crippen molar-refractivity contribution in [2.75, 3.05) is 14.1 Å². The van der Waals surface area contributed by atoms with Crippen molar-refractivity contribution in [3.63, 3.8) is 0 Å². The van der Waals surface area contributed by atoms with Crippen molar-refractivity contribution >= 4 is 34.7 Å². The molecular formula is C16H15ClN4O4. The summed E-state index contributed by atoms with van der Waals surface area (Å²) >= 11 is 5.89. The molecule has 2 N–H and O–H groups in total. The number of aromatic nitrogens is 2. The number of hydrogen-bond donors (Lipinski definition) is 2. The van der Waals surface area contributed by atoms with E-state index in [0.29, 0.717) is 27.4 Å². The van der Waals surface area contributed by atoms with Crippen LogP contribution in [0.2, 0.25) is 5.02 Å². The Balaban J connectivity index is 0.000000399. The van der Waals surface area contributed by atoms with Gasteiger partial charge in [-0.1, -0.05) is 11.6 Å². The predicted molar refractivity (Wildman–Crippen MR) is 94.6 cm³/mol. The highest BCUT2D eigenvalue weighted by Crippen LogP contribution is 2.31. The quantitative estimate of drug-likeness (QED) is 0.422. The van der Waals surface area contributed by atoms with Crippen molar-refractivity contribution < 1.29 is 14.8 Å². The molecule has 0 bridgehead atoms. The SMILES string of the molecule is CN(C)C=O.O=[N+]([O-])c1ccc2nc(-c3cc(Cl)ccc3O)[nH]c2c1. The summed E-state index contributed by atoms with van der Waals surface area (Å²) in [6, 6.07) is 8.93. The Morgan fingerprint density at radius 1 is 1.28 bits per heavy atom. The molecule has 3 rings (SSSR count). The second kappa shape index (κ2) is 7.63. The number of hydrogen-bond acceptors (Lipinski definition) is 5. The van der Waals surface area contributed by atoms with Crippen LogP contribution in [0.5, 0.6) is 5.75 Å². The molecule has 0 spiro atoms. The molecule has 0 aliphatic heterocycles. The summed E-state index contributed by atoms with van der Waals surface area (Å²) in [5.41, 5.74) is 1.51. The summed E-state index contributed by atoms with van der Waals surface area (Å²) in [7, 11) is 3.38. The fourth-order valence-corrected chi connectivity index (χ4v) is 2.11. The van der Waals surface area contributed by atoms with Crippen LogP contribution >= 0.6 is 11.6 Å². The number of benzene rings is 2. The smallest absolute Gasteiger partial charge is 0.271 e. The van der Waals surface area contributed by atoms with E-state index in [9.17, 15) is 20.0 Å². The van der Waals surface area contributed by atoms with Crippen LogP contribution in [-0.4, -0.2) is 45.4 Å². The molecule has 2 aromatic carbocycles. The minimum Gasteiger partial charge on any atom is -0.507 e. The minimum absolute atomic E-state index is 0.0250. The molecular weight excluding hydrogens is 348 g/mol. The molecule has 0 radical (unpaired) electrons. The molecule has 0 fully saturated rings. The fourth-order valence-electron chi connectivity index (χ4n) is 1.94.